The molecule has 4 rings (SSSR count). The fourth-order valence-electron chi connectivity index (χ4n) is 4.27. The molecule has 1 aliphatic heterocycles. The molecule has 0 aromatic heterocycles. The Balaban J connectivity index is 1.74. The van der Waals surface area contributed by atoms with E-state index in [1.165, 1.54) is 0 Å². The van der Waals surface area contributed by atoms with Gasteiger partial charge in [0.2, 0.25) is 0 Å². The molecular formula is C12H16O4. The van der Waals surface area contributed by atoms with Gasteiger partial charge in [0, 0.05) is 0 Å². The van der Waals surface area contributed by atoms with Crippen LogP contribution < -0.4 is 0 Å². The summed E-state index contributed by atoms with van der Waals surface area (Å²) in [6, 6.07) is 0. The van der Waals surface area contributed by atoms with Crippen LogP contribution in [0.4, 0.5) is 0 Å². The number of allylic oxidation sites excluding steroid dienone is 2. The Morgan fingerprint density at radius 2 is 1.38 bits per heavy atom. The second-order valence-corrected chi connectivity index (χ2v) is 5.46. The third-order valence-corrected chi connectivity index (χ3v) is 4.89. The summed E-state index contributed by atoms with van der Waals surface area (Å²) >= 11 is 0. The minimum atomic E-state index is -0.485. The maximum absolute atomic E-state index is 10.3. The number of fused-ring (bicyclic) bond motifs is 6. The molecule has 0 radical (unpaired) electrons. The molecule has 2 saturated carbocycles. The Bertz CT molecular complexity index is 312. The van der Waals surface area contributed by atoms with Gasteiger partial charge in [0.15, 0.2) is 0 Å². The van der Waals surface area contributed by atoms with Gasteiger partial charge in [-0.05, 0) is 30.1 Å². The van der Waals surface area contributed by atoms with Crippen molar-refractivity contribution in [3.8, 4) is 0 Å². The van der Waals surface area contributed by atoms with Crippen LogP contribution in [0.3, 0.4) is 0 Å². The van der Waals surface area contributed by atoms with Crippen molar-refractivity contribution < 1.29 is 19.7 Å². The lowest BCUT2D eigenvalue weighted by Crippen LogP contribution is -2.58. The highest BCUT2D eigenvalue weighted by Gasteiger charge is 2.60. The zero-order valence-corrected chi connectivity index (χ0v) is 8.90. The summed E-state index contributed by atoms with van der Waals surface area (Å²) in [4.78, 5) is 0. The monoisotopic (exact) mass is 224 g/mol. The molecule has 4 aliphatic rings. The van der Waals surface area contributed by atoms with Gasteiger partial charge in [-0.3, -0.25) is 0 Å². The number of hydrogen-bond acceptors (Lipinski definition) is 4. The molecule has 8 atom stereocenters. The lowest BCUT2D eigenvalue weighted by atomic mass is 9.68. The van der Waals surface area contributed by atoms with Gasteiger partial charge in [-0.25, -0.2) is 0 Å². The maximum Gasteiger partial charge on any atom is 0.148 e. The van der Waals surface area contributed by atoms with E-state index < -0.39 is 12.2 Å². The van der Waals surface area contributed by atoms with Gasteiger partial charge < -0.3 is 19.7 Å². The first-order valence-corrected chi connectivity index (χ1v) is 6.05. The summed E-state index contributed by atoms with van der Waals surface area (Å²) in [6.07, 6.45) is 3.83. The fourth-order valence-corrected chi connectivity index (χ4v) is 4.27. The van der Waals surface area contributed by atoms with Crippen LogP contribution in [0.5, 0.6) is 0 Å². The molecule has 2 bridgehead atoms. The molecule has 0 aromatic rings. The second kappa shape index (κ2) is 3.07. The van der Waals surface area contributed by atoms with Gasteiger partial charge in [-0.15, -0.1) is 0 Å². The highest BCUT2D eigenvalue weighted by Crippen LogP contribution is 2.55. The van der Waals surface area contributed by atoms with Crippen LogP contribution in [-0.2, 0) is 9.47 Å². The van der Waals surface area contributed by atoms with E-state index in [2.05, 4.69) is 12.2 Å². The average Bonchev–Trinajstić information content (AvgIpc) is 2.98. The van der Waals surface area contributed by atoms with E-state index in [4.69, 9.17) is 9.47 Å². The molecule has 2 N–H and O–H groups in total. The zero-order chi connectivity index (χ0) is 10.9. The van der Waals surface area contributed by atoms with Crippen molar-refractivity contribution in [2.24, 2.45) is 23.7 Å². The van der Waals surface area contributed by atoms with Gasteiger partial charge in [0.1, 0.15) is 19.0 Å². The molecule has 1 heterocycles. The fraction of sp³-hybridized carbons (Fsp3) is 0.833. The Morgan fingerprint density at radius 1 is 0.875 bits per heavy atom. The standard InChI is InChI=1S/C12H16O4/c13-9-7-5-1-2-6(3-5)8(7)10(14)12-11(9)15-4-16-12/h1-2,5-14H,3-4H2/t5-,6+,7?,8?,9-,10+,11+,12-. The van der Waals surface area contributed by atoms with Crippen LogP contribution in [-0.4, -0.2) is 41.4 Å². The van der Waals surface area contributed by atoms with E-state index in [0.29, 0.717) is 11.8 Å². The zero-order valence-electron chi connectivity index (χ0n) is 8.90. The molecule has 3 fully saturated rings. The van der Waals surface area contributed by atoms with E-state index in [1.54, 1.807) is 0 Å². The quantitative estimate of drug-likeness (QED) is 0.564. The molecule has 88 valence electrons. The minimum Gasteiger partial charge on any atom is -0.390 e. The number of hydrogen-bond donors (Lipinski definition) is 2. The second-order valence-electron chi connectivity index (χ2n) is 5.46. The topological polar surface area (TPSA) is 58.9 Å². The molecule has 0 amide bonds. The molecule has 16 heavy (non-hydrogen) atoms. The lowest BCUT2D eigenvalue weighted by molar-refractivity contribution is -0.140. The first-order chi connectivity index (χ1) is 7.77. The van der Waals surface area contributed by atoms with Crippen molar-refractivity contribution in [1.29, 1.82) is 0 Å². The first-order valence-electron chi connectivity index (χ1n) is 6.05. The summed E-state index contributed by atoms with van der Waals surface area (Å²) in [5.74, 6) is 1.16. The van der Waals surface area contributed by atoms with Gasteiger partial charge >= 0.3 is 0 Å². The maximum atomic E-state index is 10.3. The summed E-state index contributed by atoms with van der Waals surface area (Å²) in [5, 5.41) is 20.7. The predicted molar refractivity (Wildman–Crippen MR) is 54.3 cm³/mol. The largest absolute Gasteiger partial charge is 0.390 e. The van der Waals surface area contributed by atoms with E-state index in [1.807, 2.05) is 0 Å². The van der Waals surface area contributed by atoms with E-state index >= 15 is 0 Å². The molecule has 3 aliphatic carbocycles. The number of aliphatic hydroxyl groups excluding tert-OH is 2. The van der Waals surface area contributed by atoms with Gasteiger partial charge in [-0.2, -0.15) is 0 Å². The van der Waals surface area contributed by atoms with Crippen molar-refractivity contribution in [1.82, 2.24) is 0 Å². The first kappa shape index (κ1) is 9.59. The Kier molecular flexibility index (Phi) is 1.84. The number of ether oxygens (including phenoxy) is 2. The van der Waals surface area contributed by atoms with Crippen LogP contribution in [0.15, 0.2) is 12.2 Å². The van der Waals surface area contributed by atoms with Crippen LogP contribution in [0.25, 0.3) is 0 Å². The Labute approximate surface area is 93.9 Å². The molecule has 0 aromatic carbocycles. The molecular weight excluding hydrogens is 208 g/mol. The summed E-state index contributed by atoms with van der Waals surface area (Å²) in [6.45, 7) is 0.200. The molecule has 1 saturated heterocycles. The minimum absolute atomic E-state index is 0.160. The molecule has 4 nitrogen and oxygen atoms in total. The van der Waals surface area contributed by atoms with Gasteiger partial charge in [0.05, 0.1) is 12.2 Å². The lowest BCUT2D eigenvalue weighted by Gasteiger charge is -2.44. The smallest absolute Gasteiger partial charge is 0.148 e. The molecule has 0 spiro atoms. The average molecular weight is 224 g/mol. The highest BCUT2D eigenvalue weighted by molar-refractivity contribution is 5.20. The van der Waals surface area contributed by atoms with Crippen molar-refractivity contribution in [2.75, 3.05) is 6.79 Å². The van der Waals surface area contributed by atoms with Crippen molar-refractivity contribution in [3.05, 3.63) is 12.2 Å². The predicted octanol–water partition coefficient (Wildman–Crippen LogP) is -0.0984. The van der Waals surface area contributed by atoms with Crippen molar-refractivity contribution >= 4 is 0 Å². The summed E-state index contributed by atoms with van der Waals surface area (Å²) in [5.41, 5.74) is 0. The SMILES string of the molecule is O[C@@H]1C2C([C@H]3C=C[C@@H]2C3)[C@H](O)[C@H]2OCO[C@H]21. The van der Waals surface area contributed by atoms with E-state index in [-0.39, 0.29) is 30.8 Å². The molecule has 2 unspecified atom stereocenters. The third kappa shape index (κ3) is 0.991. The third-order valence-electron chi connectivity index (χ3n) is 4.89. The van der Waals surface area contributed by atoms with Crippen LogP contribution in [0.2, 0.25) is 0 Å². The Morgan fingerprint density at radius 3 is 1.88 bits per heavy atom. The van der Waals surface area contributed by atoms with Crippen LogP contribution in [0.1, 0.15) is 6.42 Å². The van der Waals surface area contributed by atoms with Gasteiger partial charge in [-0.1, -0.05) is 12.2 Å². The van der Waals surface area contributed by atoms with Gasteiger partial charge in [0.25, 0.3) is 0 Å². The van der Waals surface area contributed by atoms with Crippen LogP contribution >= 0.6 is 0 Å². The van der Waals surface area contributed by atoms with Crippen molar-refractivity contribution in [2.45, 2.75) is 30.8 Å². The number of aliphatic hydroxyl groups is 2. The van der Waals surface area contributed by atoms with Crippen molar-refractivity contribution in [3.63, 3.8) is 0 Å². The molecule has 4 heteroatoms. The highest BCUT2D eigenvalue weighted by atomic mass is 16.7. The van der Waals surface area contributed by atoms with Crippen LogP contribution in [0, 0.1) is 23.7 Å². The summed E-state index contributed by atoms with van der Waals surface area (Å²) < 4.78 is 10.8. The summed E-state index contributed by atoms with van der Waals surface area (Å²) in [7, 11) is 0. The normalized spacial score (nSPS) is 62.4. The van der Waals surface area contributed by atoms with E-state index in [0.717, 1.165) is 6.42 Å². The Hall–Kier alpha value is -0.420. The van der Waals surface area contributed by atoms with E-state index in [9.17, 15) is 10.2 Å². The number of rotatable bonds is 0.